The first kappa shape index (κ1) is 36.6. The Hall–Kier alpha value is -0.714. The topological polar surface area (TPSA) is 0 Å². The molecule has 0 aromatic heterocycles. The molecule has 8 rings (SSSR count). The third-order valence-corrected chi connectivity index (χ3v) is 36.4. The summed E-state index contributed by atoms with van der Waals surface area (Å²) in [5.74, 6) is 1.48. The van der Waals surface area contributed by atoms with Crippen molar-refractivity contribution in [2.45, 2.75) is 53.0 Å². The van der Waals surface area contributed by atoms with Crippen LogP contribution in [-0.2, 0) is 35.8 Å². The number of hydrogen-bond donors (Lipinski definition) is 0. The third kappa shape index (κ3) is 7.26. The van der Waals surface area contributed by atoms with Crippen molar-refractivity contribution in [1.29, 1.82) is 0 Å². The molecule has 2 aromatic rings. The molecule has 6 aliphatic rings. The van der Waals surface area contributed by atoms with Crippen molar-refractivity contribution in [2.75, 3.05) is 0 Å². The van der Waals surface area contributed by atoms with E-state index in [4.69, 9.17) is 34.1 Å². The Bertz CT molecular complexity index is 1470. The first-order valence-electron chi connectivity index (χ1n) is 16.4. The second kappa shape index (κ2) is 16.3. The van der Waals surface area contributed by atoms with Crippen molar-refractivity contribution in [2.24, 2.45) is 11.8 Å². The molecule has 0 bridgehead atoms. The van der Waals surface area contributed by atoms with Gasteiger partial charge in [0.15, 0.2) is 0 Å². The van der Waals surface area contributed by atoms with Crippen LogP contribution in [0.5, 0.6) is 0 Å². The number of halogens is 4. The van der Waals surface area contributed by atoms with E-state index < -0.39 is 35.8 Å². The van der Waals surface area contributed by atoms with Crippen LogP contribution >= 0.6 is 34.1 Å². The summed E-state index contributed by atoms with van der Waals surface area (Å²) in [6.45, 7) is 12.0. The van der Waals surface area contributed by atoms with Crippen LogP contribution in [0, 0.1) is 11.8 Å². The molecule has 240 valence electrons. The number of fused-ring (bicyclic) bond motifs is 4. The zero-order valence-corrected chi connectivity index (χ0v) is 34.4. The molecule has 2 saturated carbocycles. The molecule has 2 fully saturated rings. The molecule has 6 aliphatic carbocycles. The minimum absolute atomic E-state index is 0.222. The van der Waals surface area contributed by atoms with Crippen LogP contribution < -0.4 is 0 Å². The molecule has 0 nitrogen and oxygen atoms in total. The molecular formula is C40H44Cl4Zr2. The molecule has 46 heavy (non-hydrogen) atoms. The predicted octanol–water partition coefficient (Wildman–Crippen LogP) is 14.2. The van der Waals surface area contributed by atoms with Gasteiger partial charge < -0.3 is 0 Å². The quantitative estimate of drug-likeness (QED) is 0.269. The molecule has 0 heterocycles. The van der Waals surface area contributed by atoms with Gasteiger partial charge in [-0.1, -0.05) is 0 Å². The summed E-state index contributed by atoms with van der Waals surface area (Å²) in [5, 5.41) is 0. The van der Waals surface area contributed by atoms with E-state index >= 15 is 0 Å². The molecule has 6 unspecified atom stereocenters. The van der Waals surface area contributed by atoms with Crippen LogP contribution in [-0.4, -0.2) is 0 Å². The fourth-order valence-electron chi connectivity index (χ4n) is 8.26. The van der Waals surface area contributed by atoms with Crippen LogP contribution in [0.15, 0.2) is 135 Å². The Kier molecular flexibility index (Phi) is 13.0. The second-order valence-corrected chi connectivity index (χ2v) is 42.8. The molecule has 2 aromatic carbocycles. The Labute approximate surface area is 300 Å². The van der Waals surface area contributed by atoms with Crippen molar-refractivity contribution < 1.29 is 35.8 Å². The normalized spacial score (nSPS) is 27.7. The van der Waals surface area contributed by atoms with E-state index in [1.54, 1.807) is 11.1 Å². The first-order valence-corrected chi connectivity index (χ1v) is 34.7. The van der Waals surface area contributed by atoms with Gasteiger partial charge in [-0.25, -0.2) is 0 Å². The Morgan fingerprint density at radius 3 is 1.39 bits per heavy atom. The third-order valence-electron chi connectivity index (χ3n) is 10.4. The summed E-state index contributed by atoms with van der Waals surface area (Å²) in [6, 6.07) is 16.9. The molecule has 0 radical (unpaired) electrons. The van der Waals surface area contributed by atoms with Gasteiger partial charge in [-0.05, 0) is 0 Å². The number of rotatable bonds is 4. The van der Waals surface area contributed by atoms with E-state index in [0.29, 0.717) is 7.25 Å². The maximum atomic E-state index is 7.23. The van der Waals surface area contributed by atoms with Gasteiger partial charge in [-0.2, -0.15) is 0 Å². The van der Waals surface area contributed by atoms with Gasteiger partial charge in [-0.3, -0.25) is 0 Å². The summed E-state index contributed by atoms with van der Waals surface area (Å²) in [7, 11) is 28.6. The molecular weight excluding hydrogens is 805 g/mol. The molecule has 0 spiro atoms. The predicted molar refractivity (Wildman–Crippen MR) is 199 cm³/mol. The molecule has 6 heteroatoms. The fourth-order valence-corrected chi connectivity index (χ4v) is 32.1. The van der Waals surface area contributed by atoms with E-state index in [1.165, 1.54) is 60.8 Å². The SMILES string of the molecule is C=C.C=C.[Cl][Zr]([Cl])([CH]1C=Cc2ccccc21)[CH]1C=Cc2ccccc21.[Cl][Zr]([Cl])([CH]1CCC2CC=CC=C21)[CH]1CCC2CC=CC=C21. The Morgan fingerprint density at radius 2 is 0.957 bits per heavy atom. The van der Waals surface area contributed by atoms with Crippen LogP contribution in [0.2, 0.25) is 7.25 Å². The van der Waals surface area contributed by atoms with Gasteiger partial charge in [0, 0.05) is 0 Å². The van der Waals surface area contributed by atoms with Crippen molar-refractivity contribution >= 4 is 46.2 Å². The van der Waals surface area contributed by atoms with Crippen LogP contribution in [0.25, 0.3) is 12.2 Å². The van der Waals surface area contributed by atoms with E-state index in [-0.39, 0.29) is 7.25 Å². The molecule has 0 aliphatic heterocycles. The second-order valence-electron chi connectivity index (χ2n) is 12.6. The van der Waals surface area contributed by atoms with Crippen molar-refractivity contribution in [1.82, 2.24) is 0 Å². The number of allylic oxidation sites excluding steroid dienone is 10. The first-order chi connectivity index (χ1) is 22.4. The van der Waals surface area contributed by atoms with E-state index in [2.05, 4.69) is 136 Å². The zero-order valence-electron chi connectivity index (χ0n) is 26.4. The summed E-state index contributed by atoms with van der Waals surface area (Å²) in [5.41, 5.74) is 8.34. The van der Waals surface area contributed by atoms with Gasteiger partial charge in [0.25, 0.3) is 0 Å². The zero-order chi connectivity index (χ0) is 32.9. The molecule has 6 atom stereocenters. The number of hydrogen-bond acceptors (Lipinski definition) is 0. The number of benzene rings is 2. The van der Waals surface area contributed by atoms with Crippen molar-refractivity contribution in [3.8, 4) is 0 Å². The standard InChI is InChI=1S/2C9H11.2C9H7.2C2H4.4ClH.2Zr/c4*1-2-5-9-7-3-6-8(9)4-1;2*1-2;;;;;;/h2*1-2,4,6,9H,3,5,7H2;2*1-7H;2*1-2H2;4*1H;;/q;;;;;;;;;;2*+2/p-4. The summed E-state index contributed by atoms with van der Waals surface area (Å²) < 4.78 is 1.54. The average Bonchev–Trinajstić information content (AvgIpc) is 3.91. The van der Waals surface area contributed by atoms with Crippen molar-refractivity contribution in [3.63, 3.8) is 0 Å². The Balaban J connectivity index is 0.000000164. The van der Waals surface area contributed by atoms with E-state index in [1.807, 2.05) is 0 Å². The summed E-state index contributed by atoms with van der Waals surface area (Å²) >= 11 is -6.61. The molecule has 0 saturated heterocycles. The van der Waals surface area contributed by atoms with Crippen LogP contribution in [0.1, 0.15) is 68.0 Å². The summed E-state index contributed by atoms with van der Waals surface area (Å²) in [6.07, 6.45) is 30.0. The molecule has 0 N–H and O–H groups in total. The van der Waals surface area contributed by atoms with Gasteiger partial charge in [-0.15, -0.1) is 26.3 Å². The monoisotopic (exact) mass is 844 g/mol. The minimum atomic E-state index is -3.43. The Morgan fingerprint density at radius 1 is 0.543 bits per heavy atom. The average molecular weight is 849 g/mol. The van der Waals surface area contributed by atoms with Crippen molar-refractivity contribution in [3.05, 3.63) is 157 Å². The fraction of sp³-hybridized carbons (Fsp3) is 0.300. The van der Waals surface area contributed by atoms with Gasteiger partial charge in [0.2, 0.25) is 0 Å². The van der Waals surface area contributed by atoms with Crippen LogP contribution in [0.4, 0.5) is 0 Å². The summed E-state index contributed by atoms with van der Waals surface area (Å²) in [4.78, 5) is 0. The molecule has 0 amide bonds. The van der Waals surface area contributed by atoms with Gasteiger partial charge in [0.1, 0.15) is 0 Å². The van der Waals surface area contributed by atoms with E-state index in [0.717, 1.165) is 11.8 Å². The maximum absolute atomic E-state index is 7.23. The van der Waals surface area contributed by atoms with Gasteiger partial charge >= 0.3 is 277 Å². The van der Waals surface area contributed by atoms with Gasteiger partial charge in [0.05, 0.1) is 0 Å². The van der Waals surface area contributed by atoms with E-state index in [9.17, 15) is 0 Å². The van der Waals surface area contributed by atoms with Crippen LogP contribution in [0.3, 0.4) is 0 Å².